The Hall–Kier alpha value is -3.08. The van der Waals surface area contributed by atoms with Crippen molar-refractivity contribution in [1.29, 1.82) is 0 Å². The smallest absolute Gasteiger partial charge is 0.350 e. The molecular weight excluding hydrogens is 495 g/mol. The van der Waals surface area contributed by atoms with Gasteiger partial charge >= 0.3 is 6.18 Å². The molecule has 1 atom stereocenters. The Balaban J connectivity index is 2.46. The fraction of sp³-hybridized carbons (Fsp3) is 0.440. The van der Waals surface area contributed by atoms with Crippen molar-refractivity contribution in [3.8, 4) is 0 Å². The van der Waals surface area contributed by atoms with Crippen LogP contribution in [-0.2, 0) is 32.3 Å². The van der Waals surface area contributed by atoms with Gasteiger partial charge in [0.15, 0.2) is 0 Å². The lowest BCUT2D eigenvalue weighted by Crippen LogP contribution is -2.54. The molecule has 0 heterocycles. The van der Waals surface area contributed by atoms with Crippen molar-refractivity contribution in [3.63, 3.8) is 0 Å². The average Bonchev–Trinajstić information content (AvgIpc) is 2.72. The zero-order chi connectivity index (χ0) is 27.5. The lowest BCUT2D eigenvalue weighted by atomic mass is 10.1. The summed E-state index contributed by atoms with van der Waals surface area (Å²) in [5.74, 6) is -1.19. The van der Waals surface area contributed by atoms with Crippen molar-refractivity contribution in [1.82, 2.24) is 10.2 Å². The predicted molar refractivity (Wildman–Crippen MR) is 133 cm³/mol. The summed E-state index contributed by atoms with van der Waals surface area (Å²) in [7, 11) is -4.15. The van der Waals surface area contributed by atoms with Crippen LogP contribution in [0.15, 0.2) is 48.5 Å². The number of hydrogen-bond donors (Lipinski definition) is 1. The van der Waals surface area contributed by atoms with Crippen LogP contribution in [0.3, 0.4) is 0 Å². The summed E-state index contributed by atoms with van der Waals surface area (Å²) in [6, 6.07) is 10.0. The van der Waals surface area contributed by atoms with Gasteiger partial charge < -0.3 is 10.2 Å². The van der Waals surface area contributed by atoms with E-state index in [1.807, 2.05) is 19.1 Å². The maximum atomic E-state index is 13.5. The van der Waals surface area contributed by atoms with Crippen LogP contribution in [-0.4, -0.2) is 49.5 Å². The normalized spacial score (nSPS) is 13.1. The minimum Gasteiger partial charge on any atom is -0.350 e. The zero-order valence-electron chi connectivity index (χ0n) is 21.2. The Labute approximate surface area is 210 Å². The number of sulfonamides is 1. The molecule has 0 saturated heterocycles. The van der Waals surface area contributed by atoms with Gasteiger partial charge in [-0.3, -0.25) is 13.9 Å². The van der Waals surface area contributed by atoms with Gasteiger partial charge in [0.1, 0.15) is 12.6 Å². The Morgan fingerprint density at radius 2 is 1.64 bits per heavy atom. The number of carbonyl (C=O) groups is 2. The van der Waals surface area contributed by atoms with E-state index in [2.05, 4.69) is 5.32 Å². The second kappa shape index (κ2) is 10.9. The highest BCUT2D eigenvalue weighted by Gasteiger charge is 2.34. The molecule has 2 rings (SSSR count). The van der Waals surface area contributed by atoms with Crippen LogP contribution < -0.4 is 9.62 Å². The highest BCUT2D eigenvalue weighted by Crippen LogP contribution is 2.32. The van der Waals surface area contributed by atoms with Gasteiger partial charge in [-0.2, -0.15) is 13.2 Å². The van der Waals surface area contributed by atoms with Crippen LogP contribution in [0.1, 0.15) is 44.4 Å². The summed E-state index contributed by atoms with van der Waals surface area (Å²) < 4.78 is 65.4. The van der Waals surface area contributed by atoms with Crippen LogP contribution in [0.2, 0.25) is 0 Å². The first kappa shape index (κ1) is 29.2. The molecule has 0 aliphatic carbocycles. The van der Waals surface area contributed by atoms with E-state index in [1.165, 1.54) is 17.9 Å². The average molecular weight is 528 g/mol. The Kier molecular flexibility index (Phi) is 8.82. The number of nitrogens with zero attached hydrogens (tertiary/aromatic N) is 2. The summed E-state index contributed by atoms with van der Waals surface area (Å²) >= 11 is 0. The molecule has 0 spiro atoms. The number of alkyl halides is 3. The van der Waals surface area contributed by atoms with E-state index in [9.17, 15) is 31.2 Å². The zero-order valence-corrected chi connectivity index (χ0v) is 22.0. The van der Waals surface area contributed by atoms with Gasteiger partial charge in [0.05, 0.1) is 17.5 Å². The number of halogens is 3. The fourth-order valence-corrected chi connectivity index (χ4v) is 4.36. The number of amides is 2. The molecule has 198 valence electrons. The van der Waals surface area contributed by atoms with Crippen molar-refractivity contribution < 1.29 is 31.2 Å². The highest BCUT2D eigenvalue weighted by atomic mass is 32.2. The lowest BCUT2D eigenvalue weighted by Gasteiger charge is -2.33. The number of benzene rings is 2. The van der Waals surface area contributed by atoms with E-state index >= 15 is 0 Å². The first-order valence-corrected chi connectivity index (χ1v) is 13.1. The SMILES string of the molecule is Cc1cccc(CN(C(=O)CN(c2cccc(C(F)(F)F)c2)S(C)(=O)=O)[C@@H](C)C(=O)NC(C)(C)C)c1. The van der Waals surface area contributed by atoms with E-state index in [-0.39, 0.29) is 12.2 Å². The lowest BCUT2D eigenvalue weighted by molar-refractivity contribution is -0.140. The standard InChI is InChI=1S/C25H32F3N3O4S/c1-17-9-7-10-19(13-17)15-30(18(2)23(33)29-24(3,4)5)22(32)16-31(36(6,34)35)21-12-8-11-20(14-21)25(26,27)28/h7-14,18H,15-16H2,1-6H3,(H,29,33)/t18-/m0/s1. The van der Waals surface area contributed by atoms with Crippen LogP contribution in [0.5, 0.6) is 0 Å². The van der Waals surface area contributed by atoms with Crippen molar-refractivity contribution in [2.24, 2.45) is 0 Å². The number of rotatable bonds is 8. The molecular formula is C25H32F3N3O4S. The van der Waals surface area contributed by atoms with Crippen LogP contribution in [0, 0.1) is 6.92 Å². The molecule has 0 radical (unpaired) electrons. The third-order valence-corrected chi connectivity index (χ3v) is 6.38. The summed E-state index contributed by atoms with van der Waals surface area (Å²) in [5, 5.41) is 2.80. The Bertz CT molecular complexity index is 1210. The molecule has 0 aliphatic heterocycles. The molecule has 1 N–H and O–H groups in total. The third-order valence-electron chi connectivity index (χ3n) is 5.24. The molecule has 2 amide bonds. The third kappa shape index (κ3) is 8.25. The molecule has 2 aromatic carbocycles. The molecule has 0 aromatic heterocycles. The largest absolute Gasteiger partial charge is 0.416 e. The molecule has 0 fully saturated rings. The van der Waals surface area contributed by atoms with Gasteiger partial charge in [0, 0.05) is 12.1 Å². The van der Waals surface area contributed by atoms with Crippen molar-refractivity contribution in [3.05, 3.63) is 65.2 Å². The molecule has 0 bridgehead atoms. The quantitative estimate of drug-likeness (QED) is 0.560. The van der Waals surface area contributed by atoms with Gasteiger partial charge in [-0.05, 0) is 58.4 Å². The minimum absolute atomic E-state index is 0.000560. The van der Waals surface area contributed by atoms with Gasteiger partial charge in [0.2, 0.25) is 21.8 Å². The van der Waals surface area contributed by atoms with Gasteiger partial charge in [0.25, 0.3) is 0 Å². The monoisotopic (exact) mass is 527 g/mol. The molecule has 0 aliphatic rings. The number of nitrogens with one attached hydrogen (secondary N) is 1. The Morgan fingerprint density at radius 3 is 2.17 bits per heavy atom. The van der Waals surface area contributed by atoms with Gasteiger partial charge in [-0.25, -0.2) is 8.42 Å². The Morgan fingerprint density at radius 1 is 1.03 bits per heavy atom. The van der Waals surface area contributed by atoms with E-state index < -0.39 is 51.7 Å². The van der Waals surface area contributed by atoms with Gasteiger partial charge in [-0.1, -0.05) is 35.9 Å². The number of carbonyl (C=O) groups excluding carboxylic acids is 2. The molecule has 36 heavy (non-hydrogen) atoms. The maximum Gasteiger partial charge on any atom is 0.416 e. The van der Waals surface area contributed by atoms with Crippen LogP contribution >= 0.6 is 0 Å². The molecule has 0 saturated carbocycles. The van der Waals surface area contributed by atoms with Crippen LogP contribution in [0.4, 0.5) is 18.9 Å². The second-order valence-corrected chi connectivity index (χ2v) is 11.7. The highest BCUT2D eigenvalue weighted by molar-refractivity contribution is 7.92. The first-order valence-electron chi connectivity index (χ1n) is 11.2. The summed E-state index contributed by atoms with van der Waals surface area (Å²) in [6.07, 6.45) is -3.89. The predicted octanol–water partition coefficient (Wildman–Crippen LogP) is 4.11. The first-order chi connectivity index (χ1) is 16.4. The minimum atomic E-state index is -4.69. The van der Waals surface area contributed by atoms with E-state index in [0.717, 1.165) is 24.0 Å². The van der Waals surface area contributed by atoms with E-state index in [4.69, 9.17) is 0 Å². The van der Waals surface area contributed by atoms with E-state index in [1.54, 1.807) is 32.9 Å². The molecule has 7 nitrogen and oxygen atoms in total. The maximum absolute atomic E-state index is 13.5. The number of anilines is 1. The number of aryl methyl sites for hydroxylation is 1. The second-order valence-electron chi connectivity index (χ2n) is 9.74. The van der Waals surface area contributed by atoms with Crippen molar-refractivity contribution in [2.75, 3.05) is 17.1 Å². The summed E-state index contributed by atoms with van der Waals surface area (Å²) in [4.78, 5) is 27.6. The fourth-order valence-electron chi connectivity index (χ4n) is 3.51. The molecule has 0 unspecified atom stereocenters. The van der Waals surface area contributed by atoms with E-state index in [0.29, 0.717) is 15.9 Å². The number of hydrogen-bond acceptors (Lipinski definition) is 4. The van der Waals surface area contributed by atoms with Gasteiger partial charge in [-0.15, -0.1) is 0 Å². The summed E-state index contributed by atoms with van der Waals surface area (Å²) in [6.45, 7) is 7.95. The molecule has 11 heteroatoms. The van der Waals surface area contributed by atoms with Crippen molar-refractivity contribution in [2.45, 2.75) is 58.9 Å². The molecule has 2 aromatic rings. The van der Waals surface area contributed by atoms with Crippen molar-refractivity contribution >= 4 is 27.5 Å². The van der Waals surface area contributed by atoms with Crippen LogP contribution in [0.25, 0.3) is 0 Å². The topological polar surface area (TPSA) is 86.8 Å². The summed E-state index contributed by atoms with van der Waals surface area (Å²) in [5.41, 5.74) is -0.295.